The summed E-state index contributed by atoms with van der Waals surface area (Å²) in [5, 5.41) is 2.52. The van der Waals surface area contributed by atoms with Crippen molar-refractivity contribution >= 4 is 22.2 Å². The molecule has 0 aliphatic carbocycles. The molecule has 1 aliphatic heterocycles. The molecule has 0 radical (unpaired) electrons. The first-order chi connectivity index (χ1) is 7.93. The summed E-state index contributed by atoms with van der Waals surface area (Å²) in [5.41, 5.74) is 0. The van der Waals surface area contributed by atoms with Crippen LogP contribution in [0.5, 0.6) is 0 Å². The lowest BCUT2D eigenvalue weighted by atomic mass is 10.1. The average Bonchev–Trinajstić information content (AvgIpc) is 2.20. The van der Waals surface area contributed by atoms with Crippen LogP contribution in [0.15, 0.2) is 0 Å². The second-order valence-electron chi connectivity index (χ2n) is 3.48. The molecule has 1 rings (SSSR count). The van der Waals surface area contributed by atoms with Gasteiger partial charge in [0.15, 0.2) is 0 Å². The molecule has 17 heavy (non-hydrogen) atoms. The van der Waals surface area contributed by atoms with E-state index in [2.05, 4.69) is 14.8 Å². The summed E-state index contributed by atoms with van der Waals surface area (Å²) < 4.78 is 31.3. The summed E-state index contributed by atoms with van der Waals surface area (Å²) in [5.74, 6) is -0.112. The number of ether oxygens (including phenoxy) is 1. The summed E-state index contributed by atoms with van der Waals surface area (Å²) >= 11 is 0. The Kier molecular flexibility index (Phi) is 4.70. The monoisotopic (exact) mass is 265 g/mol. The minimum absolute atomic E-state index is 0.0842. The van der Waals surface area contributed by atoms with E-state index in [1.165, 1.54) is 0 Å². The molecule has 9 heteroatoms. The highest BCUT2D eigenvalue weighted by molar-refractivity contribution is 7.88. The Balaban J connectivity index is 2.43. The van der Waals surface area contributed by atoms with Crippen molar-refractivity contribution in [2.75, 3.05) is 13.2 Å². The molecular weight excluding hydrogens is 250 g/mol. The molecule has 1 saturated heterocycles. The Morgan fingerprint density at radius 1 is 1.59 bits per heavy atom. The lowest BCUT2D eigenvalue weighted by Gasteiger charge is -2.23. The summed E-state index contributed by atoms with van der Waals surface area (Å²) in [6.07, 6.45) is -0.373. The maximum absolute atomic E-state index is 11.4. The van der Waals surface area contributed by atoms with Crippen molar-refractivity contribution in [1.82, 2.24) is 14.8 Å². The number of hydrogen-bond acceptors (Lipinski definition) is 5. The van der Waals surface area contributed by atoms with Crippen molar-refractivity contribution in [3.63, 3.8) is 0 Å². The van der Waals surface area contributed by atoms with Gasteiger partial charge in [-0.15, -0.1) is 0 Å². The number of carbonyl (C=O) groups excluding carboxylic acids is 2. The quantitative estimate of drug-likeness (QED) is 0.593. The van der Waals surface area contributed by atoms with Gasteiger partial charge in [-0.25, -0.2) is 9.52 Å². The van der Waals surface area contributed by atoms with Crippen LogP contribution in [-0.4, -0.2) is 39.6 Å². The van der Waals surface area contributed by atoms with Gasteiger partial charge in [0.25, 0.3) is 0 Å². The Morgan fingerprint density at radius 2 is 2.29 bits per heavy atom. The van der Waals surface area contributed by atoms with Gasteiger partial charge in [0, 0.05) is 19.0 Å². The number of carbonyl (C=O) groups is 2. The first kappa shape index (κ1) is 13.7. The Labute approximate surface area is 99.3 Å². The summed E-state index contributed by atoms with van der Waals surface area (Å²) in [6.45, 7) is 1.86. The number of rotatable bonds is 4. The van der Waals surface area contributed by atoms with E-state index in [0.29, 0.717) is 6.42 Å². The summed E-state index contributed by atoms with van der Waals surface area (Å²) in [6, 6.07) is -0.417. The highest BCUT2D eigenvalue weighted by atomic mass is 32.2. The molecule has 0 spiro atoms. The van der Waals surface area contributed by atoms with Crippen molar-refractivity contribution in [3.05, 3.63) is 0 Å². The van der Waals surface area contributed by atoms with E-state index >= 15 is 0 Å². The second kappa shape index (κ2) is 5.82. The third-order valence-corrected chi connectivity index (χ3v) is 3.16. The summed E-state index contributed by atoms with van der Waals surface area (Å²) in [7, 11) is -3.95. The van der Waals surface area contributed by atoms with Gasteiger partial charge in [-0.1, -0.05) is 0 Å². The molecule has 0 aromatic carbocycles. The SMILES string of the molecule is CCOC(=O)NS(=O)(=O)NC1CCC(=O)NC1. The standard InChI is InChI=1S/C8H15N3O5S/c1-2-16-8(13)11-17(14,15)10-6-3-4-7(12)9-5-6/h6,10H,2-5H2,1H3,(H,9,12)(H,11,13). The summed E-state index contributed by atoms with van der Waals surface area (Å²) in [4.78, 5) is 21.8. The molecule has 1 atom stereocenters. The molecule has 1 aliphatic rings. The molecular formula is C8H15N3O5S. The van der Waals surface area contributed by atoms with Crippen molar-refractivity contribution in [2.24, 2.45) is 0 Å². The van der Waals surface area contributed by atoms with E-state index in [1.54, 1.807) is 11.6 Å². The largest absolute Gasteiger partial charge is 0.449 e. The zero-order valence-corrected chi connectivity index (χ0v) is 10.2. The molecule has 0 saturated carbocycles. The zero-order valence-electron chi connectivity index (χ0n) is 9.36. The average molecular weight is 265 g/mol. The molecule has 98 valence electrons. The fraction of sp³-hybridized carbons (Fsp3) is 0.750. The van der Waals surface area contributed by atoms with Gasteiger partial charge in [0.1, 0.15) is 0 Å². The topological polar surface area (TPSA) is 114 Å². The van der Waals surface area contributed by atoms with Crippen molar-refractivity contribution < 1.29 is 22.7 Å². The number of hydrogen-bond donors (Lipinski definition) is 3. The normalized spacial score (nSPS) is 20.5. The molecule has 2 amide bonds. The second-order valence-corrected chi connectivity index (χ2v) is 4.93. The maximum Gasteiger partial charge on any atom is 0.421 e. The Morgan fingerprint density at radius 3 is 2.82 bits per heavy atom. The van der Waals surface area contributed by atoms with Gasteiger partial charge in [0.05, 0.1) is 6.61 Å². The van der Waals surface area contributed by atoms with Crippen LogP contribution < -0.4 is 14.8 Å². The van der Waals surface area contributed by atoms with Gasteiger partial charge in [0.2, 0.25) is 5.91 Å². The van der Waals surface area contributed by atoms with Gasteiger partial charge < -0.3 is 10.1 Å². The molecule has 1 heterocycles. The lowest BCUT2D eigenvalue weighted by Crippen LogP contribution is -2.51. The lowest BCUT2D eigenvalue weighted by molar-refractivity contribution is -0.122. The number of nitrogens with one attached hydrogen (secondary N) is 3. The van der Waals surface area contributed by atoms with E-state index in [-0.39, 0.29) is 25.5 Å². The molecule has 1 unspecified atom stereocenters. The minimum atomic E-state index is -3.95. The van der Waals surface area contributed by atoms with Crippen LogP contribution >= 0.6 is 0 Å². The van der Waals surface area contributed by atoms with Crippen LogP contribution in [0.4, 0.5) is 4.79 Å². The Hall–Kier alpha value is -1.35. The predicted octanol–water partition coefficient (Wildman–Crippen LogP) is -1.15. The number of piperidine rings is 1. The van der Waals surface area contributed by atoms with E-state index in [1.807, 2.05) is 0 Å². The predicted molar refractivity (Wildman–Crippen MR) is 58.2 cm³/mol. The van der Waals surface area contributed by atoms with Gasteiger partial charge in [-0.2, -0.15) is 13.1 Å². The van der Waals surface area contributed by atoms with Crippen molar-refractivity contribution in [1.29, 1.82) is 0 Å². The molecule has 0 aromatic heterocycles. The van der Waals surface area contributed by atoms with Crippen molar-refractivity contribution in [3.8, 4) is 0 Å². The van der Waals surface area contributed by atoms with E-state index < -0.39 is 22.3 Å². The van der Waals surface area contributed by atoms with Crippen LogP contribution in [0.25, 0.3) is 0 Å². The highest BCUT2D eigenvalue weighted by Crippen LogP contribution is 2.03. The van der Waals surface area contributed by atoms with Crippen LogP contribution in [0.2, 0.25) is 0 Å². The highest BCUT2D eigenvalue weighted by Gasteiger charge is 2.24. The van der Waals surface area contributed by atoms with Crippen LogP contribution in [0.1, 0.15) is 19.8 Å². The van der Waals surface area contributed by atoms with E-state index in [9.17, 15) is 18.0 Å². The third-order valence-electron chi connectivity index (χ3n) is 2.08. The van der Waals surface area contributed by atoms with Gasteiger partial charge >= 0.3 is 16.3 Å². The smallest absolute Gasteiger partial charge is 0.421 e. The molecule has 8 nitrogen and oxygen atoms in total. The fourth-order valence-electron chi connectivity index (χ4n) is 1.35. The van der Waals surface area contributed by atoms with Gasteiger partial charge in [-0.05, 0) is 13.3 Å². The molecule has 3 N–H and O–H groups in total. The molecule has 0 aromatic rings. The van der Waals surface area contributed by atoms with E-state index in [4.69, 9.17) is 0 Å². The first-order valence-corrected chi connectivity index (χ1v) is 6.65. The maximum atomic E-state index is 11.4. The van der Waals surface area contributed by atoms with Crippen molar-refractivity contribution in [2.45, 2.75) is 25.8 Å². The molecule has 0 bridgehead atoms. The number of amides is 2. The van der Waals surface area contributed by atoms with E-state index in [0.717, 1.165) is 0 Å². The zero-order chi connectivity index (χ0) is 12.9. The van der Waals surface area contributed by atoms with Gasteiger partial charge in [-0.3, -0.25) is 4.79 Å². The van der Waals surface area contributed by atoms with Crippen LogP contribution in [-0.2, 0) is 19.7 Å². The van der Waals surface area contributed by atoms with Crippen LogP contribution in [0.3, 0.4) is 0 Å². The Bertz CT molecular complexity index is 384. The molecule has 1 fully saturated rings. The van der Waals surface area contributed by atoms with Crippen LogP contribution in [0, 0.1) is 0 Å². The minimum Gasteiger partial charge on any atom is -0.449 e. The first-order valence-electron chi connectivity index (χ1n) is 5.16. The fourth-order valence-corrected chi connectivity index (χ4v) is 2.33. The third kappa shape index (κ3) is 5.00.